The van der Waals surface area contributed by atoms with Crippen LogP contribution in [0.4, 0.5) is 0 Å². The van der Waals surface area contributed by atoms with Crippen molar-refractivity contribution in [1.29, 1.82) is 0 Å². The lowest BCUT2D eigenvalue weighted by atomic mass is 10.00. The SMILES string of the molecule is O=S(=O)(OC[C@H]1C2C[C@H]3C1[C@@H]3C2)c1ccccc1. The van der Waals surface area contributed by atoms with E-state index in [1.807, 2.05) is 0 Å². The van der Waals surface area contributed by atoms with Gasteiger partial charge >= 0.3 is 0 Å². The van der Waals surface area contributed by atoms with Crippen LogP contribution in [0.1, 0.15) is 12.8 Å². The molecule has 1 aromatic rings. The molecule has 3 nitrogen and oxygen atoms in total. The molecule has 3 atom stereocenters. The van der Waals surface area contributed by atoms with Crippen molar-refractivity contribution in [2.24, 2.45) is 29.6 Å². The average Bonchev–Trinajstić information content (AvgIpc) is 2.78. The molecular weight excluding hydrogens is 248 g/mol. The summed E-state index contributed by atoms with van der Waals surface area (Å²) in [6.07, 6.45) is 2.63. The van der Waals surface area contributed by atoms with Crippen molar-refractivity contribution in [2.75, 3.05) is 6.61 Å². The molecule has 0 aliphatic heterocycles. The van der Waals surface area contributed by atoms with Crippen LogP contribution in [-0.2, 0) is 14.3 Å². The second-order valence-corrected chi connectivity index (χ2v) is 7.47. The summed E-state index contributed by atoms with van der Waals surface area (Å²) in [5.41, 5.74) is 0. The predicted octanol–water partition coefficient (Wildman–Crippen LogP) is 2.29. The van der Waals surface area contributed by atoms with Gasteiger partial charge in [0.05, 0.1) is 11.5 Å². The molecule has 4 fully saturated rings. The molecule has 4 aliphatic rings. The highest BCUT2D eigenvalue weighted by molar-refractivity contribution is 7.86. The lowest BCUT2D eigenvalue weighted by molar-refractivity contribution is 0.223. The largest absolute Gasteiger partial charge is 0.296 e. The standard InChI is InChI=1S/C14H16O3S/c15-18(16,10-4-2-1-3-5-10)17-8-13-9-6-11-12(7-9)14(11)13/h1-5,9,11-14H,6-8H2/t9?,11-,12-,13+,14?/m1/s1. The molecule has 0 amide bonds. The van der Waals surface area contributed by atoms with Crippen LogP contribution in [0.25, 0.3) is 0 Å². The Labute approximate surface area is 107 Å². The van der Waals surface area contributed by atoms with Gasteiger partial charge in [0.1, 0.15) is 0 Å². The van der Waals surface area contributed by atoms with E-state index in [1.54, 1.807) is 30.3 Å². The summed E-state index contributed by atoms with van der Waals surface area (Å²) < 4.78 is 29.3. The van der Waals surface area contributed by atoms with E-state index >= 15 is 0 Å². The molecule has 0 N–H and O–H groups in total. The Bertz CT molecular complexity index is 552. The molecular formula is C14H16O3S. The van der Waals surface area contributed by atoms with Crippen molar-refractivity contribution in [3.05, 3.63) is 30.3 Å². The van der Waals surface area contributed by atoms with Crippen molar-refractivity contribution in [2.45, 2.75) is 17.7 Å². The number of hydrogen-bond acceptors (Lipinski definition) is 3. The van der Waals surface area contributed by atoms with E-state index in [-0.39, 0.29) is 4.90 Å². The Morgan fingerprint density at radius 2 is 1.78 bits per heavy atom. The molecule has 96 valence electrons. The highest BCUT2D eigenvalue weighted by Gasteiger charge is 2.68. The van der Waals surface area contributed by atoms with Crippen molar-refractivity contribution < 1.29 is 12.6 Å². The molecule has 4 bridgehead atoms. The van der Waals surface area contributed by atoms with Gasteiger partial charge in [-0.2, -0.15) is 8.42 Å². The zero-order valence-electron chi connectivity index (χ0n) is 10.0. The summed E-state index contributed by atoms with van der Waals surface area (Å²) in [6.45, 7) is 0.388. The normalized spacial score (nSPS) is 40.1. The maximum Gasteiger partial charge on any atom is 0.296 e. The first kappa shape index (κ1) is 11.0. The van der Waals surface area contributed by atoms with Crippen LogP contribution in [0.5, 0.6) is 0 Å². The Morgan fingerprint density at radius 1 is 1.11 bits per heavy atom. The van der Waals surface area contributed by atoms with Crippen molar-refractivity contribution >= 4 is 10.1 Å². The zero-order valence-corrected chi connectivity index (χ0v) is 10.8. The van der Waals surface area contributed by atoms with E-state index in [9.17, 15) is 8.42 Å². The first-order valence-corrected chi connectivity index (χ1v) is 8.02. The van der Waals surface area contributed by atoms with Crippen LogP contribution in [-0.4, -0.2) is 15.0 Å². The van der Waals surface area contributed by atoms with Gasteiger partial charge in [-0.05, 0) is 54.6 Å². The Hall–Kier alpha value is -0.870. The molecule has 4 saturated carbocycles. The van der Waals surface area contributed by atoms with E-state index in [0.29, 0.717) is 12.5 Å². The van der Waals surface area contributed by atoms with Gasteiger partial charge in [0.2, 0.25) is 0 Å². The second-order valence-electron chi connectivity index (χ2n) is 5.85. The molecule has 0 spiro atoms. The van der Waals surface area contributed by atoms with E-state index in [1.165, 1.54) is 12.8 Å². The van der Waals surface area contributed by atoms with Gasteiger partial charge in [-0.3, -0.25) is 4.18 Å². The number of hydrogen-bond donors (Lipinski definition) is 0. The summed E-state index contributed by atoms with van der Waals surface area (Å²) in [5.74, 6) is 3.82. The van der Waals surface area contributed by atoms with E-state index in [4.69, 9.17) is 4.18 Å². The summed E-state index contributed by atoms with van der Waals surface area (Å²) in [7, 11) is -3.56. The van der Waals surface area contributed by atoms with Gasteiger partial charge in [0.15, 0.2) is 0 Å². The molecule has 0 aromatic heterocycles. The van der Waals surface area contributed by atoms with Gasteiger partial charge in [-0.1, -0.05) is 18.2 Å². The fourth-order valence-electron chi connectivity index (χ4n) is 4.30. The van der Waals surface area contributed by atoms with E-state index < -0.39 is 10.1 Å². The Kier molecular flexibility index (Phi) is 2.19. The Balaban J connectivity index is 1.46. The molecule has 18 heavy (non-hydrogen) atoms. The third-order valence-electron chi connectivity index (χ3n) is 5.10. The van der Waals surface area contributed by atoms with Gasteiger partial charge in [-0.25, -0.2) is 0 Å². The summed E-state index contributed by atoms with van der Waals surface area (Å²) >= 11 is 0. The topological polar surface area (TPSA) is 43.4 Å². The van der Waals surface area contributed by atoms with Crippen LogP contribution in [0, 0.1) is 29.6 Å². The lowest BCUT2D eigenvalue weighted by Gasteiger charge is -2.14. The van der Waals surface area contributed by atoms with Crippen LogP contribution < -0.4 is 0 Å². The molecule has 4 aliphatic carbocycles. The van der Waals surface area contributed by atoms with Gasteiger partial charge in [-0.15, -0.1) is 0 Å². The molecule has 0 heterocycles. The fourth-order valence-corrected chi connectivity index (χ4v) is 5.27. The predicted molar refractivity (Wildman–Crippen MR) is 66.3 cm³/mol. The molecule has 0 unspecified atom stereocenters. The number of benzene rings is 1. The van der Waals surface area contributed by atoms with Gasteiger partial charge in [0.25, 0.3) is 10.1 Å². The molecule has 0 saturated heterocycles. The smallest absolute Gasteiger partial charge is 0.266 e. The first-order chi connectivity index (χ1) is 8.67. The van der Waals surface area contributed by atoms with Gasteiger partial charge < -0.3 is 0 Å². The quantitative estimate of drug-likeness (QED) is 0.784. The van der Waals surface area contributed by atoms with Crippen molar-refractivity contribution in [1.82, 2.24) is 0 Å². The monoisotopic (exact) mass is 264 g/mol. The van der Waals surface area contributed by atoms with Crippen LogP contribution in [0.3, 0.4) is 0 Å². The van der Waals surface area contributed by atoms with Crippen LogP contribution in [0.15, 0.2) is 35.2 Å². The van der Waals surface area contributed by atoms with Crippen LogP contribution in [0.2, 0.25) is 0 Å². The van der Waals surface area contributed by atoms with Crippen LogP contribution >= 0.6 is 0 Å². The fraction of sp³-hybridized carbons (Fsp3) is 0.571. The minimum Gasteiger partial charge on any atom is -0.266 e. The third kappa shape index (κ3) is 1.48. The molecule has 0 radical (unpaired) electrons. The van der Waals surface area contributed by atoms with E-state index in [0.717, 1.165) is 23.7 Å². The second kappa shape index (κ2) is 3.58. The zero-order chi connectivity index (χ0) is 12.3. The van der Waals surface area contributed by atoms with Crippen molar-refractivity contribution in [3.63, 3.8) is 0 Å². The molecule has 4 heteroatoms. The van der Waals surface area contributed by atoms with Gasteiger partial charge in [0, 0.05) is 0 Å². The summed E-state index contributed by atoms with van der Waals surface area (Å²) in [5, 5.41) is 0. The average molecular weight is 264 g/mol. The summed E-state index contributed by atoms with van der Waals surface area (Å²) in [6, 6.07) is 8.42. The van der Waals surface area contributed by atoms with Crippen molar-refractivity contribution in [3.8, 4) is 0 Å². The minimum absolute atomic E-state index is 0.266. The maximum atomic E-state index is 12.0. The van der Waals surface area contributed by atoms with E-state index in [2.05, 4.69) is 0 Å². The highest BCUT2D eigenvalue weighted by atomic mass is 32.2. The maximum absolute atomic E-state index is 12.0. The minimum atomic E-state index is -3.56. The molecule has 5 rings (SSSR count). The lowest BCUT2D eigenvalue weighted by Crippen LogP contribution is -2.17. The first-order valence-electron chi connectivity index (χ1n) is 6.61. The highest BCUT2D eigenvalue weighted by Crippen LogP contribution is 2.73. The Morgan fingerprint density at radius 3 is 2.33 bits per heavy atom. The molecule has 1 aromatic carbocycles. The summed E-state index contributed by atoms with van der Waals surface area (Å²) in [4.78, 5) is 0.266. The third-order valence-corrected chi connectivity index (χ3v) is 6.39. The number of rotatable bonds is 4.